The number of hydrogen-bond acceptors (Lipinski definition) is 5. The first-order valence-electron chi connectivity index (χ1n) is 7.87. The van der Waals surface area contributed by atoms with Gasteiger partial charge in [-0.05, 0) is 49.6 Å². The summed E-state index contributed by atoms with van der Waals surface area (Å²) >= 11 is 1.38. The standard InChI is InChI=1S/C16H23N5OS/c1-4-21-16(18-19-20-21)23-13(3)15(22)17-12(2)10-11-14-8-6-5-7-9-14/h5-9,12-13H,4,10-11H2,1-3H3,(H,17,22)/t12-,13+/m0/s1. The summed E-state index contributed by atoms with van der Waals surface area (Å²) in [5.74, 6) is 0.0150. The Hall–Kier alpha value is -1.89. The van der Waals surface area contributed by atoms with Crippen LogP contribution in [0.5, 0.6) is 0 Å². The summed E-state index contributed by atoms with van der Waals surface area (Å²) in [6.45, 7) is 6.57. The van der Waals surface area contributed by atoms with Crippen molar-refractivity contribution in [3.63, 3.8) is 0 Å². The normalized spacial score (nSPS) is 13.5. The number of nitrogens with one attached hydrogen (secondary N) is 1. The summed E-state index contributed by atoms with van der Waals surface area (Å²) in [6, 6.07) is 10.4. The maximum Gasteiger partial charge on any atom is 0.233 e. The number of tetrazole rings is 1. The summed E-state index contributed by atoms with van der Waals surface area (Å²) in [6.07, 6.45) is 1.87. The number of thioether (sulfide) groups is 1. The highest BCUT2D eigenvalue weighted by atomic mass is 32.2. The third-order valence-electron chi connectivity index (χ3n) is 3.55. The van der Waals surface area contributed by atoms with E-state index in [-0.39, 0.29) is 17.2 Å². The summed E-state index contributed by atoms with van der Waals surface area (Å²) in [4.78, 5) is 12.3. The van der Waals surface area contributed by atoms with Gasteiger partial charge in [-0.25, -0.2) is 4.68 Å². The fraction of sp³-hybridized carbons (Fsp3) is 0.500. The third kappa shape index (κ3) is 5.35. The molecule has 0 saturated carbocycles. The Balaban J connectivity index is 1.78. The van der Waals surface area contributed by atoms with E-state index in [9.17, 15) is 4.79 Å². The van der Waals surface area contributed by atoms with Crippen LogP contribution in [-0.4, -0.2) is 37.4 Å². The Morgan fingerprint density at radius 2 is 2.04 bits per heavy atom. The summed E-state index contributed by atoms with van der Waals surface area (Å²) in [7, 11) is 0. The predicted octanol–water partition coefficient (Wildman–Crippen LogP) is 2.31. The molecule has 1 heterocycles. The van der Waals surface area contributed by atoms with E-state index in [2.05, 4.69) is 33.0 Å². The monoisotopic (exact) mass is 333 g/mol. The number of aryl methyl sites for hydroxylation is 2. The smallest absolute Gasteiger partial charge is 0.233 e. The first-order valence-corrected chi connectivity index (χ1v) is 8.75. The molecule has 6 nitrogen and oxygen atoms in total. The van der Waals surface area contributed by atoms with E-state index in [0.29, 0.717) is 11.7 Å². The van der Waals surface area contributed by atoms with E-state index in [4.69, 9.17) is 0 Å². The Morgan fingerprint density at radius 1 is 1.30 bits per heavy atom. The van der Waals surface area contributed by atoms with Crippen molar-refractivity contribution < 1.29 is 4.79 Å². The van der Waals surface area contributed by atoms with Gasteiger partial charge in [-0.3, -0.25) is 4.79 Å². The minimum absolute atomic E-state index is 0.0150. The second-order valence-electron chi connectivity index (χ2n) is 5.47. The van der Waals surface area contributed by atoms with Crippen molar-refractivity contribution in [2.24, 2.45) is 0 Å². The maximum atomic E-state index is 12.3. The molecule has 0 saturated heterocycles. The molecule has 23 heavy (non-hydrogen) atoms. The molecule has 2 rings (SSSR count). The van der Waals surface area contributed by atoms with Crippen LogP contribution in [0, 0.1) is 0 Å². The van der Waals surface area contributed by atoms with E-state index >= 15 is 0 Å². The van der Waals surface area contributed by atoms with Gasteiger partial charge in [0.1, 0.15) is 0 Å². The average Bonchev–Trinajstić information content (AvgIpc) is 3.01. The molecule has 0 spiro atoms. The second-order valence-corrected chi connectivity index (χ2v) is 6.78. The van der Waals surface area contributed by atoms with Gasteiger partial charge in [-0.15, -0.1) is 5.10 Å². The van der Waals surface area contributed by atoms with Crippen LogP contribution in [-0.2, 0) is 17.8 Å². The number of aromatic nitrogens is 4. The van der Waals surface area contributed by atoms with Crippen molar-refractivity contribution >= 4 is 17.7 Å². The van der Waals surface area contributed by atoms with E-state index in [1.165, 1.54) is 17.3 Å². The molecule has 124 valence electrons. The lowest BCUT2D eigenvalue weighted by Crippen LogP contribution is -2.38. The number of carbonyl (C=O) groups is 1. The number of benzene rings is 1. The van der Waals surface area contributed by atoms with Crippen molar-refractivity contribution in [2.75, 3.05) is 0 Å². The topological polar surface area (TPSA) is 72.7 Å². The first kappa shape index (κ1) is 17.5. The molecule has 1 aromatic carbocycles. The molecule has 0 unspecified atom stereocenters. The number of rotatable bonds is 8. The molecule has 7 heteroatoms. The summed E-state index contributed by atoms with van der Waals surface area (Å²) < 4.78 is 1.69. The minimum atomic E-state index is -0.231. The number of nitrogens with zero attached hydrogens (tertiary/aromatic N) is 4. The molecule has 0 fully saturated rings. The van der Waals surface area contributed by atoms with Crippen molar-refractivity contribution in [2.45, 2.75) is 56.6 Å². The zero-order valence-electron chi connectivity index (χ0n) is 13.8. The quantitative estimate of drug-likeness (QED) is 0.751. The lowest BCUT2D eigenvalue weighted by Gasteiger charge is -2.17. The minimum Gasteiger partial charge on any atom is -0.353 e. The van der Waals surface area contributed by atoms with Crippen LogP contribution in [0.2, 0.25) is 0 Å². The Bertz CT molecular complexity index is 616. The molecule has 1 N–H and O–H groups in total. The van der Waals surface area contributed by atoms with Gasteiger partial charge in [0.15, 0.2) is 0 Å². The highest BCUT2D eigenvalue weighted by Crippen LogP contribution is 2.20. The molecule has 2 aromatic rings. The molecule has 1 amide bonds. The fourth-order valence-corrected chi connectivity index (χ4v) is 3.01. The molecule has 0 aliphatic heterocycles. The zero-order valence-corrected chi connectivity index (χ0v) is 14.6. The largest absolute Gasteiger partial charge is 0.353 e. The highest BCUT2D eigenvalue weighted by molar-refractivity contribution is 8.00. The van der Waals surface area contributed by atoms with Crippen LogP contribution in [0.15, 0.2) is 35.5 Å². The van der Waals surface area contributed by atoms with E-state index in [1.54, 1.807) is 4.68 Å². The van der Waals surface area contributed by atoms with Gasteiger partial charge in [0.25, 0.3) is 0 Å². The van der Waals surface area contributed by atoms with Crippen LogP contribution in [0.25, 0.3) is 0 Å². The third-order valence-corrected chi connectivity index (χ3v) is 4.62. The van der Waals surface area contributed by atoms with Gasteiger partial charge in [0.2, 0.25) is 11.1 Å². The summed E-state index contributed by atoms with van der Waals surface area (Å²) in [5, 5.41) is 15.0. The van der Waals surface area contributed by atoms with Crippen molar-refractivity contribution in [3.8, 4) is 0 Å². The van der Waals surface area contributed by atoms with Crippen LogP contribution in [0.4, 0.5) is 0 Å². The zero-order chi connectivity index (χ0) is 16.7. The van der Waals surface area contributed by atoms with Crippen molar-refractivity contribution in [3.05, 3.63) is 35.9 Å². The molecule has 1 aromatic heterocycles. The Morgan fingerprint density at radius 3 is 2.74 bits per heavy atom. The van der Waals surface area contributed by atoms with Gasteiger partial charge in [-0.1, -0.05) is 42.1 Å². The van der Waals surface area contributed by atoms with E-state index < -0.39 is 0 Å². The maximum absolute atomic E-state index is 12.3. The van der Waals surface area contributed by atoms with Gasteiger partial charge in [0.05, 0.1) is 5.25 Å². The van der Waals surface area contributed by atoms with Crippen molar-refractivity contribution in [1.82, 2.24) is 25.5 Å². The SMILES string of the molecule is CCn1nnnc1S[C@H](C)C(=O)N[C@@H](C)CCc1ccccc1. The highest BCUT2D eigenvalue weighted by Gasteiger charge is 2.19. The average molecular weight is 333 g/mol. The fourth-order valence-electron chi connectivity index (χ4n) is 2.15. The molecule has 0 aliphatic rings. The number of hydrogen-bond donors (Lipinski definition) is 1. The van der Waals surface area contributed by atoms with Crippen molar-refractivity contribution in [1.29, 1.82) is 0 Å². The summed E-state index contributed by atoms with van der Waals surface area (Å²) in [5.41, 5.74) is 1.29. The van der Waals surface area contributed by atoms with Gasteiger partial charge < -0.3 is 5.32 Å². The van der Waals surface area contributed by atoms with E-state index in [1.807, 2.05) is 39.0 Å². The molecular formula is C16H23N5OS. The lowest BCUT2D eigenvalue weighted by molar-refractivity contribution is -0.120. The van der Waals surface area contributed by atoms with Crippen LogP contribution in [0.1, 0.15) is 32.8 Å². The van der Waals surface area contributed by atoms with Gasteiger partial charge >= 0.3 is 0 Å². The lowest BCUT2D eigenvalue weighted by atomic mass is 10.1. The molecular weight excluding hydrogens is 310 g/mol. The Labute approximate surface area is 141 Å². The second kappa shape index (κ2) is 8.67. The molecule has 0 radical (unpaired) electrons. The first-order chi connectivity index (χ1) is 11.1. The number of amides is 1. The molecule has 0 bridgehead atoms. The molecule has 0 aliphatic carbocycles. The predicted molar refractivity (Wildman–Crippen MR) is 91.2 cm³/mol. The van der Waals surface area contributed by atoms with Gasteiger partial charge in [0, 0.05) is 12.6 Å². The van der Waals surface area contributed by atoms with E-state index in [0.717, 1.165) is 12.8 Å². The van der Waals surface area contributed by atoms with Crippen LogP contribution >= 0.6 is 11.8 Å². The van der Waals surface area contributed by atoms with Gasteiger partial charge in [-0.2, -0.15) is 0 Å². The van der Waals surface area contributed by atoms with Crippen LogP contribution in [0.3, 0.4) is 0 Å². The molecule has 2 atom stereocenters. The Kier molecular flexibility index (Phi) is 6.58. The number of carbonyl (C=O) groups excluding carboxylic acids is 1. The van der Waals surface area contributed by atoms with Crippen LogP contribution < -0.4 is 5.32 Å².